The molecule has 0 saturated carbocycles. The zero-order valence-corrected chi connectivity index (χ0v) is 8.28. The molecule has 2 heterocycles. The highest BCUT2D eigenvalue weighted by Crippen LogP contribution is 2.04. The molecule has 88 valence electrons. The van der Waals surface area contributed by atoms with Crippen LogP contribution in [0.25, 0.3) is 0 Å². The van der Waals surface area contributed by atoms with E-state index < -0.39 is 18.4 Å². The van der Waals surface area contributed by atoms with E-state index >= 15 is 0 Å². The molecule has 0 aliphatic rings. The first-order chi connectivity index (χ1) is 8.24. The second kappa shape index (κ2) is 4.83. The fraction of sp³-hybridized carbons (Fsp3) is 0.143. The number of hydrogen-bond donors (Lipinski definition) is 2. The summed E-state index contributed by atoms with van der Waals surface area (Å²) in [7, 11) is 0. The van der Waals surface area contributed by atoms with E-state index in [2.05, 4.69) is 40.3 Å². The van der Waals surface area contributed by atoms with Crippen molar-refractivity contribution in [2.24, 2.45) is 0 Å². The molecule has 17 heavy (non-hydrogen) atoms. The molecule has 0 unspecified atom stereocenters. The summed E-state index contributed by atoms with van der Waals surface area (Å²) < 4.78 is 9.31. The van der Waals surface area contributed by atoms with Crippen LogP contribution in [0.4, 0.5) is 0 Å². The minimum absolute atomic E-state index is 0.0239. The SMILES string of the molecule is O=C(CC(=O)Oc1cn[nH]n1)Oc1cn[nH]n1. The Bertz CT molecular complexity index is 446. The molecule has 0 atom stereocenters. The predicted octanol–water partition coefficient (Wildman–Crippen LogP) is -1.18. The van der Waals surface area contributed by atoms with Crippen molar-refractivity contribution >= 4 is 11.9 Å². The number of rotatable bonds is 4. The molecule has 10 heteroatoms. The van der Waals surface area contributed by atoms with Crippen molar-refractivity contribution in [3.05, 3.63) is 12.4 Å². The Morgan fingerprint density at radius 2 is 1.47 bits per heavy atom. The topological polar surface area (TPSA) is 136 Å². The monoisotopic (exact) mass is 238 g/mol. The van der Waals surface area contributed by atoms with Gasteiger partial charge in [-0.1, -0.05) is 0 Å². The van der Waals surface area contributed by atoms with E-state index in [1.807, 2.05) is 0 Å². The Labute approximate surface area is 93.3 Å². The van der Waals surface area contributed by atoms with Crippen LogP contribution in [0.1, 0.15) is 6.42 Å². The molecule has 0 radical (unpaired) electrons. The van der Waals surface area contributed by atoms with Crippen molar-refractivity contribution in [3.8, 4) is 11.8 Å². The van der Waals surface area contributed by atoms with Gasteiger partial charge in [-0.05, 0) is 0 Å². The molecule has 2 rings (SSSR count). The lowest BCUT2D eigenvalue weighted by Gasteiger charge is -1.99. The van der Waals surface area contributed by atoms with Crippen molar-refractivity contribution in [3.63, 3.8) is 0 Å². The first-order valence-corrected chi connectivity index (χ1v) is 4.37. The van der Waals surface area contributed by atoms with Crippen LogP contribution >= 0.6 is 0 Å². The smallest absolute Gasteiger partial charge is 0.324 e. The number of nitrogens with one attached hydrogen (secondary N) is 2. The van der Waals surface area contributed by atoms with Gasteiger partial charge in [-0.2, -0.15) is 20.6 Å². The van der Waals surface area contributed by atoms with E-state index in [-0.39, 0.29) is 11.8 Å². The van der Waals surface area contributed by atoms with Crippen molar-refractivity contribution in [1.82, 2.24) is 30.8 Å². The molecular formula is C7H6N6O4. The number of carbonyl (C=O) groups is 2. The average molecular weight is 238 g/mol. The Hall–Kier alpha value is -2.78. The first kappa shape index (κ1) is 10.7. The van der Waals surface area contributed by atoms with Gasteiger partial charge in [-0.3, -0.25) is 9.59 Å². The lowest BCUT2D eigenvalue weighted by atomic mass is 10.4. The van der Waals surface area contributed by atoms with E-state index in [4.69, 9.17) is 0 Å². The van der Waals surface area contributed by atoms with Gasteiger partial charge >= 0.3 is 11.9 Å². The van der Waals surface area contributed by atoms with Gasteiger partial charge in [0.15, 0.2) is 0 Å². The standard InChI is InChI=1S/C7H6N6O4/c14-6(16-4-2-8-12-10-4)1-7(15)17-5-3-9-13-11-5/h2-3H,1H2,(H,8,10,12)(H,9,11,13). The van der Waals surface area contributed by atoms with Gasteiger partial charge in [0.25, 0.3) is 11.8 Å². The van der Waals surface area contributed by atoms with Crippen LogP contribution in [-0.4, -0.2) is 42.8 Å². The quantitative estimate of drug-likeness (QED) is 0.502. The number of aromatic amines is 2. The second-order valence-corrected chi connectivity index (χ2v) is 2.74. The molecular weight excluding hydrogens is 232 g/mol. The van der Waals surface area contributed by atoms with Gasteiger partial charge in [0.2, 0.25) is 0 Å². The highest BCUT2D eigenvalue weighted by Gasteiger charge is 2.15. The molecule has 0 spiro atoms. The number of aromatic nitrogens is 6. The van der Waals surface area contributed by atoms with Crippen LogP contribution in [0.2, 0.25) is 0 Å². The maximum Gasteiger partial charge on any atom is 0.324 e. The predicted molar refractivity (Wildman–Crippen MR) is 48.7 cm³/mol. The highest BCUT2D eigenvalue weighted by atomic mass is 16.6. The molecule has 0 aliphatic heterocycles. The largest absolute Gasteiger partial charge is 0.404 e. The van der Waals surface area contributed by atoms with Gasteiger partial charge < -0.3 is 9.47 Å². The van der Waals surface area contributed by atoms with E-state index in [0.29, 0.717) is 0 Å². The lowest BCUT2D eigenvalue weighted by molar-refractivity contribution is -0.144. The Balaban J connectivity index is 1.80. The number of esters is 2. The summed E-state index contributed by atoms with van der Waals surface area (Å²) in [5, 5.41) is 18.3. The number of nitrogens with zero attached hydrogens (tertiary/aromatic N) is 4. The molecule has 0 aliphatic carbocycles. The molecule has 2 aromatic heterocycles. The average Bonchev–Trinajstić information content (AvgIpc) is 2.90. The maximum absolute atomic E-state index is 11.2. The number of ether oxygens (including phenoxy) is 2. The van der Waals surface area contributed by atoms with Crippen molar-refractivity contribution in [2.75, 3.05) is 0 Å². The van der Waals surface area contributed by atoms with Crippen LogP contribution in [0, 0.1) is 0 Å². The molecule has 2 N–H and O–H groups in total. The third-order valence-electron chi connectivity index (χ3n) is 1.51. The van der Waals surface area contributed by atoms with Gasteiger partial charge in [-0.25, -0.2) is 0 Å². The first-order valence-electron chi connectivity index (χ1n) is 4.37. The van der Waals surface area contributed by atoms with E-state index in [1.54, 1.807) is 0 Å². The molecule has 0 saturated heterocycles. The Morgan fingerprint density at radius 1 is 1.00 bits per heavy atom. The summed E-state index contributed by atoms with van der Waals surface area (Å²) in [5.74, 6) is -1.67. The van der Waals surface area contributed by atoms with E-state index in [0.717, 1.165) is 0 Å². The van der Waals surface area contributed by atoms with E-state index in [1.165, 1.54) is 12.4 Å². The van der Waals surface area contributed by atoms with Gasteiger partial charge in [-0.15, -0.1) is 10.2 Å². The number of hydrogen-bond acceptors (Lipinski definition) is 8. The zero-order chi connectivity index (χ0) is 12.1. The minimum Gasteiger partial charge on any atom is -0.404 e. The molecule has 10 nitrogen and oxygen atoms in total. The van der Waals surface area contributed by atoms with Crippen molar-refractivity contribution in [1.29, 1.82) is 0 Å². The minimum atomic E-state index is -0.813. The van der Waals surface area contributed by atoms with Crippen LogP contribution in [0.15, 0.2) is 12.4 Å². The van der Waals surface area contributed by atoms with Crippen molar-refractivity contribution < 1.29 is 19.1 Å². The maximum atomic E-state index is 11.2. The van der Waals surface area contributed by atoms with Crippen LogP contribution in [-0.2, 0) is 9.59 Å². The Morgan fingerprint density at radius 3 is 1.82 bits per heavy atom. The van der Waals surface area contributed by atoms with Gasteiger partial charge in [0.05, 0.1) is 0 Å². The van der Waals surface area contributed by atoms with E-state index in [9.17, 15) is 9.59 Å². The Kier molecular flexibility index (Phi) is 3.05. The lowest BCUT2D eigenvalue weighted by Crippen LogP contribution is -2.18. The summed E-state index contributed by atoms with van der Waals surface area (Å²) in [6.07, 6.45) is 1.82. The summed E-state index contributed by atoms with van der Waals surface area (Å²) in [4.78, 5) is 22.4. The van der Waals surface area contributed by atoms with Crippen LogP contribution in [0.5, 0.6) is 11.8 Å². The molecule has 0 aromatic carbocycles. The van der Waals surface area contributed by atoms with Gasteiger partial charge in [0, 0.05) is 0 Å². The third-order valence-corrected chi connectivity index (χ3v) is 1.51. The summed E-state index contributed by atoms with van der Waals surface area (Å²) >= 11 is 0. The molecule has 0 fully saturated rings. The normalized spacial score (nSPS) is 9.88. The van der Waals surface area contributed by atoms with Crippen molar-refractivity contribution in [2.45, 2.75) is 6.42 Å². The second-order valence-electron chi connectivity index (χ2n) is 2.74. The van der Waals surface area contributed by atoms with Crippen LogP contribution in [0.3, 0.4) is 0 Å². The fourth-order valence-corrected chi connectivity index (χ4v) is 0.904. The molecule has 0 bridgehead atoms. The molecule has 0 amide bonds. The fourth-order valence-electron chi connectivity index (χ4n) is 0.904. The van der Waals surface area contributed by atoms with Crippen LogP contribution < -0.4 is 9.47 Å². The summed E-state index contributed by atoms with van der Waals surface area (Å²) in [5.41, 5.74) is 0. The highest BCUT2D eigenvalue weighted by molar-refractivity contribution is 5.92. The summed E-state index contributed by atoms with van der Waals surface area (Å²) in [6.45, 7) is 0. The zero-order valence-electron chi connectivity index (χ0n) is 8.28. The van der Waals surface area contributed by atoms with Gasteiger partial charge in [0.1, 0.15) is 18.8 Å². The summed E-state index contributed by atoms with van der Waals surface area (Å²) in [6, 6.07) is 0. The number of H-pyrrole nitrogens is 2. The number of carbonyl (C=O) groups excluding carboxylic acids is 2. The molecule has 2 aromatic rings. The third kappa shape index (κ3) is 3.09.